The highest BCUT2D eigenvalue weighted by Crippen LogP contribution is 2.33. The van der Waals surface area contributed by atoms with Crippen molar-refractivity contribution in [2.45, 2.75) is 26.3 Å². The second-order valence-electron chi connectivity index (χ2n) is 5.70. The van der Waals surface area contributed by atoms with Crippen LogP contribution >= 0.6 is 11.6 Å². The SMILES string of the molecule is CC(C)C[C@@H](c1cc(Cl)ccc1N)N1CCNCC1. The van der Waals surface area contributed by atoms with Crippen LogP contribution in [-0.4, -0.2) is 31.1 Å². The van der Waals surface area contributed by atoms with E-state index in [1.165, 1.54) is 5.56 Å². The number of hydrogen-bond acceptors (Lipinski definition) is 3. The zero-order chi connectivity index (χ0) is 13.8. The number of nitrogens with zero attached hydrogens (tertiary/aromatic N) is 1. The van der Waals surface area contributed by atoms with E-state index in [1.54, 1.807) is 0 Å². The second kappa shape index (κ2) is 6.60. The lowest BCUT2D eigenvalue weighted by molar-refractivity contribution is 0.154. The van der Waals surface area contributed by atoms with Gasteiger partial charge >= 0.3 is 0 Å². The number of nitrogens with two attached hydrogens (primary N) is 1. The Morgan fingerprint density at radius 1 is 1.32 bits per heavy atom. The van der Waals surface area contributed by atoms with Gasteiger partial charge in [0, 0.05) is 42.9 Å². The standard InChI is InChI=1S/C15H24ClN3/c1-11(2)9-15(19-7-5-18-6-8-19)13-10-12(16)3-4-14(13)17/h3-4,10-11,15,18H,5-9,17H2,1-2H3/t15-/m0/s1. The Labute approximate surface area is 121 Å². The average molecular weight is 282 g/mol. The minimum Gasteiger partial charge on any atom is -0.398 e. The molecule has 0 bridgehead atoms. The van der Waals surface area contributed by atoms with Gasteiger partial charge in [0.2, 0.25) is 0 Å². The molecule has 106 valence electrons. The first kappa shape index (κ1) is 14.6. The zero-order valence-corrected chi connectivity index (χ0v) is 12.6. The van der Waals surface area contributed by atoms with Gasteiger partial charge in [0.1, 0.15) is 0 Å². The summed E-state index contributed by atoms with van der Waals surface area (Å²) < 4.78 is 0. The molecule has 1 atom stereocenters. The molecule has 1 heterocycles. The summed E-state index contributed by atoms with van der Waals surface area (Å²) in [7, 11) is 0. The van der Waals surface area contributed by atoms with Gasteiger partial charge in [0.05, 0.1) is 0 Å². The lowest BCUT2D eigenvalue weighted by Crippen LogP contribution is -2.45. The molecule has 0 aromatic heterocycles. The van der Waals surface area contributed by atoms with E-state index in [0.29, 0.717) is 12.0 Å². The molecule has 0 radical (unpaired) electrons. The Balaban J connectivity index is 2.27. The number of nitrogens with one attached hydrogen (secondary N) is 1. The van der Waals surface area contributed by atoms with Crippen molar-refractivity contribution in [1.82, 2.24) is 10.2 Å². The molecule has 2 rings (SSSR count). The molecule has 0 spiro atoms. The van der Waals surface area contributed by atoms with Gasteiger partial charge in [-0.3, -0.25) is 4.90 Å². The first-order valence-electron chi connectivity index (χ1n) is 7.07. The molecule has 1 fully saturated rings. The molecule has 0 unspecified atom stereocenters. The van der Waals surface area contributed by atoms with Crippen molar-refractivity contribution in [2.24, 2.45) is 5.92 Å². The molecule has 0 amide bonds. The molecular formula is C15H24ClN3. The summed E-state index contributed by atoms with van der Waals surface area (Å²) >= 11 is 6.15. The lowest BCUT2D eigenvalue weighted by Gasteiger charge is -2.36. The minimum atomic E-state index is 0.376. The topological polar surface area (TPSA) is 41.3 Å². The maximum atomic E-state index is 6.17. The molecule has 1 aliphatic heterocycles. The monoisotopic (exact) mass is 281 g/mol. The molecule has 3 N–H and O–H groups in total. The van der Waals surface area contributed by atoms with E-state index in [0.717, 1.165) is 43.3 Å². The van der Waals surface area contributed by atoms with Crippen LogP contribution in [0, 0.1) is 5.92 Å². The number of piperazine rings is 1. The van der Waals surface area contributed by atoms with Crippen molar-refractivity contribution < 1.29 is 0 Å². The fourth-order valence-corrected chi connectivity index (χ4v) is 2.93. The Hall–Kier alpha value is -0.770. The van der Waals surface area contributed by atoms with E-state index in [4.69, 9.17) is 17.3 Å². The largest absolute Gasteiger partial charge is 0.398 e. The maximum Gasteiger partial charge on any atom is 0.0410 e. The zero-order valence-electron chi connectivity index (χ0n) is 11.8. The summed E-state index contributed by atoms with van der Waals surface area (Å²) in [5.41, 5.74) is 8.21. The third-order valence-corrected chi connectivity index (χ3v) is 3.93. The number of benzene rings is 1. The van der Waals surface area contributed by atoms with Gasteiger partial charge in [-0.05, 0) is 36.1 Å². The molecule has 0 saturated carbocycles. The van der Waals surface area contributed by atoms with Crippen LogP contribution in [0.5, 0.6) is 0 Å². The summed E-state index contributed by atoms with van der Waals surface area (Å²) in [5.74, 6) is 0.637. The van der Waals surface area contributed by atoms with E-state index in [-0.39, 0.29) is 0 Å². The number of halogens is 1. The second-order valence-corrected chi connectivity index (χ2v) is 6.14. The van der Waals surface area contributed by atoms with E-state index in [1.807, 2.05) is 18.2 Å². The van der Waals surface area contributed by atoms with Crippen LogP contribution in [0.25, 0.3) is 0 Å². The molecule has 4 heteroatoms. The summed E-state index contributed by atoms with van der Waals surface area (Å²) in [6.45, 7) is 8.77. The summed E-state index contributed by atoms with van der Waals surface area (Å²) in [6.07, 6.45) is 1.12. The average Bonchev–Trinajstić information content (AvgIpc) is 2.40. The highest BCUT2D eigenvalue weighted by molar-refractivity contribution is 6.30. The molecule has 19 heavy (non-hydrogen) atoms. The maximum absolute atomic E-state index is 6.17. The Morgan fingerprint density at radius 2 is 2.00 bits per heavy atom. The van der Waals surface area contributed by atoms with E-state index >= 15 is 0 Å². The van der Waals surface area contributed by atoms with Crippen LogP contribution in [0.2, 0.25) is 5.02 Å². The predicted molar refractivity (Wildman–Crippen MR) is 82.5 cm³/mol. The van der Waals surface area contributed by atoms with Crippen LogP contribution in [-0.2, 0) is 0 Å². The third-order valence-electron chi connectivity index (χ3n) is 3.69. The van der Waals surface area contributed by atoms with Crippen LogP contribution in [0.1, 0.15) is 31.9 Å². The Bertz CT molecular complexity index is 414. The molecule has 1 saturated heterocycles. The molecule has 0 aliphatic carbocycles. The van der Waals surface area contributed by atoms with Gasteiger partial charge in [-0.2, -0.15) is 0 Å². The highest BCUT2D eigenvalue weighted by Gasteiger charge is 2.24. The van der Waals surface area contributed by atoms with E-state index in [9.17, 15) is 0 Å². The molecule has 1 aliphatic rings. The number of hydrogen-bond donors (Lipinski definition) is 2. The van der Waals surface area contributed by atoms with Crippen molar-refractivity contribution in [1.29, 1.82) is 0 Å². The van der Waals surface area contributed by atoms with Gasteiger partial charge in [-0.1, -0.05) is 25.4 Å². The van der Waals surface area contributed by atoms with Crippen molar-refractivity contribution in [2.75, 3.05) is 31.9 Å². The quantitative estimate of drug-likeness (QED) is 0.834. The molecule has 1 aromatic carbocycles. The number of nitrogen functional groups attached to an aromatic ring is 1. The fraction of sp³-hybridized carbons (Fsp3) is 0.600. The molecule has 1 aromatic rings. The van der Waals surface area contributed by atoms with Gasteiger partial charge < -0.3 is 11.1 Å². The van der Waals surface area contributed by atoms with Crippen molar-refractivity contribution in [3.8, 4) is 0 Å². The van der Waals surface area contributed by atoms with Crippen molar-refractivity contribution >= 4 is 17.3 Å². The smallest absolute Gasteiger partial charge is 0.0410 e. The van der Waals surface area contributed by atoms with Crippen LogP contribution in [0.3, 0.4) is 0 Å². The lowest BCUT2D eigenvalue weighted by atomic mass is 9.94. The van der Waals surface area contributed by atoms with Crippen molar-refractivity contribution in [3.63, 3.8) is 0 Å². The first-order chi connectivity index (χ1) is 9.08. The van der Waals surface area contributed by atoms with Crippen LogP contribution in [0.4, 0.5) is 5.69 Å². The van der Waals surface area contributed by atoms with Crippen LogP contribution < -0.4 is 11.1 Å². The van der Waals surface area contributed by atoms with Crippen molar-refractivity contribution in [3.05, 3.63) is 28.8 Å². The third kappa shape index (κ3) is 3.85. The predicted octanol–water partition coefficient (Wildman–Crippen LogP) is 2.91. The van der Waals surface area contributed by atoms with Gasteiger partial charge in [0.15, 0.2) is 0 Å². The van der Waals surface area contributed by atoms with Crippen LogP contribution in [0.15, 0.2) is 18.2 Å². The highest BCUT2D eigenvalue weighted by atomic mass is 35.5. The number of rotatable bonds is 4. The minimum absolute atomic E-state index is 0.376. The normalized spacial score (nSPS) is 18.7. The van der Waals surface area contributed by atoms with E-state index in [2.05, 4.69) is 24.1 Å². The van der Waals surface area contributed by atoms with E-state index < -0.39 is 0 Å². The first-order valence-corrected chi connectivity index (χ1v) is 7.45. The number of anilines is 1. The summed E-state index contributed by atoms with van der Waals surface area (Å²) in [5, 5.41) is 4.17. The fourth-order valence-electron chi connectivity index (χ4n) is 2.75. The van der Waals surface area contributed by atoms with Gasteiger partial charge in [-0.15, -0.1) is 0 Å². The van der Waals surface area contributed by atoms with Gasteiger partial charge in [0.25, 0.3) is 0 Å². The summed E-state index contributed by atoms with van der Waals surface area (Å²) in [4.78, 5) is 2.53. The molecular weight excluding hydrogens is 258 g/mol. The Morgan fingerprint density at radius 3 is 2.63 bits per heavy atom. The Kier molecular flexibility index (Phi) is 5.08. The summed E-state index contributed by atoms with van der Waals surface area (Å²) in [6, 6.07) is 6.20. The molecule has 3 nitrogen and oxygen atoms in total. The van der Waals surface area contributed by atoms with Gasteiger partial charge in [-0.25, -0.2) is 0 Å².